The van der Waals surface area contributed by atoms with Gasteiger partial charge in [-0.1, -0.05) is 18.2 Å². The Hall–Kier alpha value is -0.860. The molecule has 2 aliphatic rings. The van der Waals surface area contributed by atoms with E-state index in [2.05, 4.69) is 32.0 Å². The first-order valence-corrected chi connectivity index (χ1v) is 7.06. The molecule has 1 aromatic rings. The normalized spacial score (nSPS) is 31.8. The van der Waals surface area contributed by atoms with E-state index in [9.17, 15) is 0 Å². The monoisotopic (exact) mass is 245 g/mol. The van der Waals surface area contributed by atoms with Crippen LogP contribution in [0, 0.1) is 19.8 Å². The summed E-state index contributed by atoms with van der Waals surface area (Å²) in [5, 5.41) is 0. The second-order valence-electron chi connectivity index (χ2n) is 6.16. The highest BCUT2D eigenvalue weighted by Gasteiger charge is 2.48. The predicted molar refractivity (Wildman–Crippen MR) is 73.6 cm³/mol. The molecule has 98 valence electrons. The molecule has 1 aromatic carbocycles. The molecule has 2 heteroatoms. The number of aryl methyl sites for hydroxylation is 2. The summed E-state index contributed by atoms with van der Waals surface area (Å²) in [6.45, 7) is 5.21. The molecule has 2 N–H and O–H groups in total. The van der Waals surface area contributed by atoms with E-state index < -0.39 is 0 Å². The molecule has 0 spiro atoms. The van der Waals surface area contributed by atoms with Crippen molar-refractivity contribution in [3.05, 3.63) is 34.9 Å². The summed E-state index contributed by atoms with van der Waals surface area (Å²) >= 11 is 0. The van der Waals surface area contributed by atoms with Gasteiger partial charge in [0.15, 0.2) is 0 Å². The van der Waals surface area contributed by atoms with Gasteiger partial charge in [0.05, 0.1) is 6.10 Å². The van der Waals surface area contributed by atoms with E-state index in [1.807, 2.05) is 0 Å². The van der Waals surface area contributed by atoms with Crippen molar-refractivity contribution in [2.75, 3.05) is 6.61 Å². The van der Waals surface area contributed by atoms with Crippen molar-refractivity contribution >= 4 is 0 Å². The topological polar surface area (TPSA) is 35.2 Å². The summed E-state index contributed by atoms with van der Waals surface area (Å²) in [7, 11) is 0. The Bertz CT molecular complexity index is 432. The molecule has 1 heterocycles. The van der Waals surface area contributed by atoms with Gasteiger partial charge in [-0.15, -0.1) is 0 Å². The van der Waals surface area contributed by atoms with Crippen molar-refractivity contribution in [2.24, 2.45) is 11.7 Å². The van der Waals surface area contributed by atoms with Gasteiger partial charge in [-0.3, -0.25) is 0 Å². The molecular weight excluding hydrogens is 222 g/mol. The summed E-state index contributed by atoms with van der Waals surface area (Å²) in [5.74, 6) is 0.724. The minimum absolute atomic E-state index is 0.141. The van der Waals surface area contributed by atoms with Gasteiger partial charge in [0.25, 0.3) is 0 Å². The average molecular weight is 245 g/mol. The Balaban J connectivity index is 1.86. The van der Waals surface area contributed by atoms with Crippen LogP contribution in [0.4, 0.5) is 0 Å². The molecule has 18 heavy (non-hydrogen) atoms. The molecule has 2 fully saturated rings. The minimum Gasteiger partial charge on any atom is -0.376 e. The van der Waals surface area contributed by atoms with E-state index in [0.29, 0.717) is 0 Å². The Morgan fingerprint density at radius 1 is 1.28 bits per heavy atom. The van der Waals surface area contributed by atoms with Crippen molar-refractivity contribution in [3.8, 4) is 0 Å². The van der Waals surface area contributed by atoms with Gasteiger partial charge in [-0.05, 0) is 62.1 Å². The highest BCUT2D eigenvalue weighted by atomic mass is 16.5. The zero-order chi connectivity index (χ0) is 12.8. The van der Waals surface area contributed by atoms with Gasteiger partial charge in [0.2, 0.25) is 0 Å². The second kappa shape index (κ2) is 4.36. The first-order valence-electron chi connectivity index (χ1n) is 7.06. The van der Waals surface area contributed by atoms with Crippen LogP contribution in [0.3, 0.4) is 0 Å². The van der Waals surface area contributed by atoms with Crippen LogP contribution in [-0.4, -0.2) is 18.2 Å². The highest BCUT2D eigenvalue weighted by molar-refractivity contribution is 5.35. The molecular formula is C16H23NO. The number of hydrogen-bond donors (Lipinski definition) is 1. The molecule has 0 bridgehead atoms. The minimum atomic E-state index is -0.141. The van der Waals surface area contributed by atoms with Gasteiger partial charge in [0, 0.05) is 12.1 Å². The molecule has 0 radical (unpaired) electrons. The van der Waals surface area contributed by atoms with Gasteiger partial charge in [0.1, 0.15) is 0 Å². The Morgan fingerprint density at radius 3 is 2.56 bits per heavy atom. The van der Waals surface area contributed by atoms with Crippen molar-refractivity contribution in [1.82, 2.24) is 0 Å². The summed E-state index contributed by atoms with van der Waals surface area (Å²) in [5.41, 5.74) is 10.7. The van der Waals surface area contributed by atoms with Gasteiger partial charge >= 0.3 is 0 Å². The van der Waals surface area contributed by atoms with Crippen LogP contribution in [-0.2, 0) is 11.2 Å². The van der Waals surface area contributed by atoms with Crippen LogP contribution in [0.1, 0.15) is 36.0 Å². The molecule has 1 aliphatic heterocycles. The van der Waals surface area contributed by atoms with E-state index in [1.54, 1.807) is 0 Å². The summed E-state index contributed by atoms with van der Waals surface area (Å²) in [6.07, 6.45) is 4.86. The highest BCUT2D eigenvalue weighted by Crippen LogP contribution is 2.43. The lowest BCUT2D eigenvalue weighted by atomic mass is 9.81. The lowest BCUT2D eigenvalue weighted by Crippen LogP contribution is -2.50. The van der Waals surface area contributed by atoms with E-state index in [0.717, 1.165) is 25.4 Å². The lowest BCUT2D eigenvalue weighted by Gasteiger charge is -2.31. The van der Waals surface area contributed by atoms with Gasteiger partial charge in [-0.25, -0.2) is 0 Å². The van der Waals surface area contributed by atoms with Crippen LogP contribution in [0.2, 0.25) is 0 Å². The van der Waals surface area contributed by atoms with Crippen LogP contribution in [0.5, 0.6) is 0 Å². The summed E-state index contributed by atoms with van der Waals surface area (Å²) in [4.78, 5) is 0. The van der Waals surface area contributed by atoms with Crippen molar-refractivity contribution in [3.63, 3.8) is 0 Å². The van der Waals surface area contributed by atoms with E-state index >= 15 is 0 Å². The molecule has 2 unspecified atom stereocenters. The number of ether oxygens (including phenoxy) is 1. The molecule has 1 aliphatic carbocycles. The molecule has 0 amide bonds. The molecule has 3 rings (SSSR count). The smallest absolute Gasteiger partial charge is 0.0786 e. The van der Waals surface area contributed by atoms with Crippen LogP contribution in [0.15, 0.2) is 18.2 Å². The molecule has 2 atom stereocenters. The van der Waals surface area contributed by atoms with Crippen LogP contribution < -0.4 is 5.73 Å². The molecule has 0 aromatic heterocycles. The number of nitrogens with two attached hydrogens (primary N) is 1. The van der Waals surface area contributed by atoms with E-state index in [4.69, 9.17) is 10.5 Å². The zero-order valence-corrected chi connectivity index (χ0v) is 11.4. The van der Waals surface area contributed by atoms with Crippen molar-refractivity contribution < 1.29 is 4.74 Å². The SMILES string of the molecule is Cc1cccc(C)c1CC1(N)CCOC1C1CC1. The second-order valence-corrected chi connectivity index (χ2v) is 6.16. The number of rotatable bonds is 3. The average Bonchev–Trinajstić information content (AvgIpc) is 3.09. The quantitative estimate of drug-likeness (QED) is 0.888. The fourth-order valence-corrected chi connectivity index (χ4v) is 3.33. The third-order valence-electron chi connectivity index (χ3n) is 4.63. The summed E-state index contributed by atoms with van der Waals surface area (Å²) in [6, 6.07) is 6.50. The zero-order valence-electron chi connectivity index (χ0n) is 11.4. The maximum absolute atomic E-state index is 6.69. The number of benzene rings is 1. The van der Waals surface area contributed by atoms with Crippen molar-refractivity contribution in [1.29, 1.82) is 0 Å². The van der Waals surface area contributed by atoms with Crippen LogP contribution >= 0.6 is 0 Å². The van der Waals surface area contributed by atoms with Gasteiger partial charge < -0.3 is 10.5 Å². The Morgan fingerprint density at radius 2 is 1.94 bits per heavy atom. The van der Waals surface area contributed by atoms with E-state index in [-0.39, 0.29) is 11.6 Å². The molecule has 1 saturated heterocycles. The standard InChI is InChI=1S/C16H23NO/c1-11-4-3-5-12(2)14(11)10-16(17)8-9-18-15(16)13-6-7-13/h3-5,13,15H,6-10,17H2,1-2H3. The summed E-state index contributed by atoms with van der Waals surface area (Å²) < 4.78 is 5.92. The Kier molecular flexibility index (Phi) is 2.95. The molecule has 2 nitrogen and oxygen atoms in total. The van der Waals surface area contributed by atoms with E-state index in [1.165, 1.54) is 29.5 Å². The lowest BCUT2D eigenvalue weighted by molar-refractivity contribution is 0.0626. The van der Waals surface area contributed by atoms with Gasteiger partial charge in [-0.2, -0.15) is 0 Å². The maximum Gasteiger partial charge on any atom is 0.0786 e. The largest absolute Gasteiger partial charge is 0.376 e. The first kappa shape index (κ1) is 12.2. The third kappa shape index (κ3) is 2.08. The fraction of sp³-hybridized carbons (Fsp3) is 0.625. The Labute approximate surface area is 110 Å². The van der Waals surface area contributed by atoms with Crippen molar-refractivity contribution in [2.45, 2.75) is 51.2 Å². The maximum atomic E-state index is 6.69. The third-order valence-corrected chi connectivity index (χ3v) is 4.63. The van der Waals surface area contributed by atoms with Crippen LogP contribution in [0.25, 0.3) is 0 Å². The predicted octanol–water partition coefficient (Wildman–Crippen LogP) is 2.74. The number of hydrogen-bond acceptors (Lipinski definition) is 2. The molecule has 1 saturated carbocycles. The fourth-order valence-electron chi connectivity index (χ4n) is 3.33. The first-order chi connectivity index (χ1) is 8.60.